The number of nitrogens with two attached hydrogens (primary N) is 1. The van der Waals surface area contributed by atoms with Crippen LogP contribution in [0.5, 0.6) is 0 Å². The fourth-order valence-corrected chi connectivity index (χ4v) is 2.64. The lowest BCUT2D eigenvalue weighted by Crippen LogP contribution is -2.61. The van der Waals surface area contributed by atoms with Gasteiger partial charge < -0.3 is 31.1 Å². The molecule has 8 N–H and O–H groups in total. The standard InChI is InChI=1S/C12H16N6O5/c1-4(20)18-12(22)5(2-19)23-7(8(12)21)11-16-9(13)6-10(17-11)15-3-14-6/h3,5,7-8,19,21-22H,2H2,1H3,(H,18,20)(H3,13,14,15,16,17)/p+1/t5-,7-,8+,12-/m1/s1. The summed E-state index contributed by atoms with van der Waals surface area (Å²) in [6, 6.07) is 0. The van der Waals surface area contributed by atoms with Gasteiger partial charge >= 0.3 is 5.65 Å². The molecule has 0 unspecified atom stereocenters. The Morgan fingerprint density at radius 3 is 3.00 bits per heavy atom. The largest absolute Gasteiger partial charge is 0.393 e. The van der Waals surface area contributed by atoms with Crippen molar-refractivity contribution in [2.45, 2.75) is 31.0 Å². The van der Waals surface area contributed by atoms with Crippen LogP contribution in [0.15, 0.2) is 6.33 Å². The minimum absolute atomic E-state index is 0.0121. The second-order valence-corrected chi connectivity index (χ2v) is 5.30. The molecule has 23 heavy (non-hydrogen) atoms. The monoisotopic (exact) mass is 325 g/mol. The number of imidazole rings is 1. The molecule has 1 aliphatic heterocycles. The summed E-state index contributed by atoms with van der Waals surface area (Å²) in [5, 5.41) is 32.4. The van der Waals surface area contributed by atoms with Gasteiger partial charge in [0, 0.05) is 6.92 Å². The molecular formula is C12H17N6O5+. The molecule has 3 rings (SSSR count). The van der Waals surface area contributed by atoms with Crippen molar-refractivity contribution in [3.63, 3.8) is 0 Å². The number of hydrogen-bond donors (Lipinski definition) is 6. The van der Waals surface area contributed by atoms with Crippen molar-refractivity contribution in [1.29, 1.82) is 0 Å². The highest BCUT2D eigenvalue weighted by Crippen LogP contribution is 2.38. The van der Waals surface area contributed by atoms with E-state index < -0.39 is 36.6 Å². The van der Waals surface area contributed by atoms with Crippen LogP contribution < -0.4 is 16.0 Å². The van der Waals surface area contributed by atoms with Gasteiger partial charge in [0.25, 0.3) is 0 Å². The molecule has 1 saturated heterocycles. The number of anilines is 1. The molecule has 1 fully saturated rings. The number of aromatic amines is 2. The number of rotatable bonds is 3. The molecular weight excluding hydrogens is 308 g/mol. The van der Waals surface area contributed by atoms with Crippen molar-refractivity contribution in [3.05, 3.63) is 12.2 Å². The lowest BCUT2D eigenvalue weighted by Gasteiger charge is -2.30. The summed E-state index contributed by atoms with van der Waals surface area (Å²) in [4.78, 5) is 25.1. The van der Waals surface area contributed by atoms with Gasteiger partial charge in [-0.1, -0.05) is 4.98 Å². The first kappa shape index (κ1) is 15.6. The number of carbonyl (C=O) groups excluding carboxylic acids is 1. The predicted molar refractivity (Wildman–Crippen MR) is 74.3 cm³/mol. The third kappa shape index (κ3) is 2.39. The first-order chi connectivity index (χ1) is 10.9. The molecule has 0 aliphatic carbocycles. The third-order valence-corrected chi connectivity index (χ3v) is 3.72. The summed E-state index contributed by atoms with van der Waals surface area (Å²) < 4.78 is 5.44. The maximum absolute atomic E-state index is 11.3. The van der Waals surface area contributed by atoms with Crippen molar-refractivity contribution in [2.24, 2.45) is 0 Å². The molecule has 0 aromatic carbocycles. The summed E-state index contributed by atoms with van der Waals surface area (Å²) in [5.74, 6) is -0.459. The van der Waals surface area contributed by atoms with E-state index in [1.165, 1.54) is 13.3 Å². The molecule has 4 atom stereocenters. The van der Waals surface area contributed by atoms with Gasteiger partial charge in [0.1, 0.15) is 12.2 Å². The normalized spacial score (nSPS) is 30.7. The number of ether oxygens (including phenoxy) is 1. The summed E-state index contributed by atoms with van der Waals surface area (Å²) in [5.41, 5.74) is 4.51. The fraction of sp³-hybridized carbons (Fsp3) is 0.500. The number of nitrogens with one attached hydrogen (secondary N) is 3. The van der Waals surface area contributed by atoms with E-state index in [4.69, 9.17) is 10.5 Å². The van der Waals surface area contributed by atoms with E-state index in [1.807, 2.05) is 0 Å². The van der Waals surface area contributed by atoms with Crippen molar-refractivity contribution in [2.75, 3.05) is 12.3 Å². The number of aliphatic hydroxyl groups excluding tert-OH is 2. The Labute approximate surface area is 129 Å². The minimum Gasteiger partial charge on any atom is -0.393 e. The molecule has 0 bridgehead atoms. The first-order valence-corrected chi connectivity index (χ1v) is 6.84. The van der Waals surface area contributed by atoms with Crippen molar-refractivity contribution >= 4 is 22.9 Å². The van der Waals surface area contributed by atoms with Gasteiger partial charge in [-0.2, -0.15) is 4.98 Å². The average Bonchev–Trinajstić information content (AvgIpc) is 3.03. The Morgan fingerprint density at radius 1 is 1.61 bits per heavy atom. The van der Waals surface area contributed by atoms with Crippen LogP contribution in [0.3, 0.4) is 0 Å². The molecule has 11 heteroatoms. The van der Waals surface area contributed by atoms with Gasteiger partial charge in [0.05, 0.1) is 6.61 Å². The van der Waals surface area contributed by atoms with Gasteiger partial charge in [0.15, 0.2) is 24.0 Å². The predicted octanol–water partition coefficient (Wildman–Crippen LogP) is -3.03. The van der Waals surface area contributed by atoms with Gasteiger partial charge in [-0.25, -0.2) is 4.98 Å². The van der Waals surface area contributed by atoms with Crippen LogP contribution in [0.1, 0.15) is 18.9 Å². The van der Waals surface area contributed by atoms with E-state index in [2.05, 4.69) is 25.3 Å². The molecule has 3 heterocycles. The fourth-order valence-electron chi connectivity index (χ4n) is 2.64. The van der Waals surface area contributed by atoms with Crippen LogP contribution in [0, 0.1) is 0 Å². The third-order valence-electron chi connectivity index (χ3n) is 3.72. The topological polar surface area (TPSA) is 181 Å². The first-order valence-electron chi connectivity index (χ1n) is 6.84. The van der Waals surface area contributed by atoms with Crippen molar-refractivity contribution < 1.29 is 29.8 Å². The maximum atomic E-state index is 11.3. The van der Waals surface area contributed by atoms with Crippen LogP contribution >= 0.6 is 0 Å². The number of H-pyrrole nitrogens is 2. The number of aliphatic hydroxyl groups is 3. The number of nitrogen functional groups attached to an aromatic ring is 1. The molecule has 124 valence electrons. The smallest absolute Gasteiger partial charge is 0.305 e. The Balaban J connectivity index is 2.00. The molecule has 1 aliphatic rings. The molecule has 0 spiro atoms. The summed E-state index contributed by atoms with van der Waals surface area (Å²) in [6.45, 7) is 0.542. The second-order valence-electron chi connectivity index (χ2n) is 5.30. The van der Waals surface area contributed by atoms with Gasteiger partial charge in [0.2, 0.25) is 17.2 Å². The Bertz CT molecular complexity index is 751. The lowest BCUT2D eigenvalue weighted by molar-refractivity contribution is -0.347. The number of carbonyl (C=O) groups is 1. The number of amides is 1. The van der Waals surface area contributed by atoms with Crippen LogP contribution in [-0.2, 0) is 9.53 Å². The molecule has 11 nitrogen and oxygen atoms in total. The average molecular weight is 325 g/mol. The lowest BCUT2D eigenvalue weighted by atomic mass is 9.99. The van der Waals surface area contributed by atoms with Crippen LogP contribution in [0.4, 0.5) is 5.82 Å². The van der Waals surface area contributed by atoms with E-state index in [1.54, 1.807) is 0 Å². The quantitative estimate of drug-likeness (QED) is 0.322. The van der Waals surface area contributed by atoms with E-state index in [9.17, 15) is 20.1 Å². The second kappa shape index (κ2) is 5.38. The summed E-state index contributed by atoms with van der Waals surface area (Å²) in [7, 11) is 0. The zero-order valence-electron chi connectivity index (χ0n) is 12.1. The molecule has 2 aromatic heterocycles. The van der Waals surface area contributed by atoms with E-state index in [0.29, 0.717) is 11.2 Å². The number of nitrogens with zero attached hydrogens (tertiary/aromatic N) is 2. The number of hydrogen-bond acceptors (Lipinski definition) is 8. The highest BCUT2D eigenvalue weighted by atomic mass is 16.6. The van der Waals surface area contributed by atoms with Crippen LogP contribution in [-0.4, -0.2) is 60.7 Å². The summed E-state index contributed by atoms with van der Waals surface area (Å²) >= 11 is 0. The van der Waals surface area contributed by atoms with Crippen LogP contribution in [0.2, 0.25) is 0 Å². The highest BCUT2D eigenvalue weighted by molar-refractivity contribution is 5.78. The molecule has 0 radical (unpaired) electrons. The Morgan fingerprint density at radius 2 is 2.35 bits per heavy atom. The van der Waals surface area contributed by atoms with Crippen molar-refractivity contribution in [1.82, 2.24) is 20.3 Å². The van der Waals surface area contributed by atoms with E-state index >= 15 is 0 Å². The van der Waals surface area contributed by atoms with Crippen molar-refractivity contribution in [3.8, 4) is 0 Å². The molecule has 2 aromatic rings. The minimum atomic E-state index is -2.17. The Kier molecular flexibility index (Phi) is 3.64. The number of aromatic nitrogens is 4. The highest BCUT2D eigenvalue weighted by Gasteiger charge is 2.58. The van der Waals surface area contributed by atoms with E-state index in [0.717, 1.165) is 0 Å². The zero-order chi connectivity index (χ0) is 16.8. The zero-order valence-corrected chi connectivity index (χ0v) is 12.1. The molecule has 0 saturated carbocycles. The van der Waals surface area contributed by atoms with Gasteiger partial charge in [-0.15, -0.1) is 0 Å². The molecule has 1 amide bonds. The number of fused-ring (bicyclic) bond motifs is 1. The Hall–Kier alpha value is -2.34. The van der Waals surface area contributed by atoms with Crippen LogP contribution in [0.25, 0.3) is 11.2 Å². The maximum Gasteiger partial charge on any atom is 0.305 e. The van der Waals surface area contributed by atoms with E-state index in [-0.39, 0.29) is 11.6 Å². The SMILES string of the molecule is CC(=O)N[C@@]1(O)[C@@H](CO)O[C@@H](c2nc(N)c3[nH]c[nH+]c3n2)[C@@H]1O. The van der Waals surface area contributed by atoms with Gasteiger partial charge in [-0.05, 0) is 0 Å². The summed E-state index contributed by atoms with van der Waals surface area (Å²) in [6.07, 6.45) is -2.52. The van der Waals surface area contributed by atoms with Gasteiger partial charge in [-0.3, -0.25) is 9.78 Å².